The minimum absolute atomic E-state index is 0.0114. The number of rotatable bonds is 12. The second-order valence-corrected chi connectivity index (χ2v) is 10.3. The van der Waals surface area contributed by atoms with Gasteiger partial charge in [-0.2, -0.15) is 0 Å². The first kappa shape index (κ1) is 25.9. The van der Waals surface area contributed by atoms with E-state index in [4.69, 9.17) is 0 Å². The number of hydrogen-bond donors (Lipinski definition) is 4. The molecule has 0 unspecified atom stereocenters. The molecule has 0 aliphatic rings. The van der Waals surface area contributed by atoms with Gasteiger partial charge in [0.15, 0.2) is 0 Å². The van der Waals surface area contributed by atoms with Crippen LogP contribution in [-0.4, -0.2) is 41.8 Å². The Morgan fingerprint density at radius 1 is 1.09 bits per heavy atom. The Bertz CT molecular complexity index is 875. The molecule has 1 aromatic carbocycles. The SMILES string of the molecule is CNC(=O)[C@@H](Cc1ccccc1)NC(=O)[C@@](CCSc1cccs1)(CC(C)C)C(=O)NO. The van der Waals surface area contributed by atoms with Crippen LogP contribution in [0, 0.1) is 11.3 Å². The van der Waals surface area contributed by atoms with Crippen LogP contribution in [0.3, 0.4) is 0 Å². The van der Waals surface area contributed by atoms with Crippen LogP contribution >= 0.6 is 23.1 Å². The lowest BCUT2D eigenvalue weighted by molar-refractivity contribution is -0.152. The number of hydroxylamine groups is 1. The fourth-order valence-electron chi connectivity index (χ4n) is 3.62. The van der Waals surface area contributed by atoms with E-state index in [1.165, 1.54) is 7.05 Å². The lowest BCUT2D eigenvalue weighted by Crippen LogP contribution is -2.57. The van der Waals surface area contributed by atoms with Gasteiger partial charge >= 0.3 is 0 Å². The summed E-state index contributed by atoms with van der Waals surface area (Å²) < 4.78 is 1.08. The van der Waals surface area contributed by atoms with Crippen molar-refractivity contribution in [2.24, 2.45) is 11.3 Å². The number of benzene rings is 1. The molecule has 0 aliphatic carbocycles. The van der Waals surface area contributed by atoms with Gasteiger partial charge < -0.3 is 10.6 Å². The number of carbonyl (C=O) groups is 3. The Balaban J connectivity index is 2.27. The smallest absolute Gasteiger partial charge is 0.259 e. The number of nitrogens with one attached hydrogen (secondary N) is 3. The minimum atomic E-state index is -1.50. The Kier molecular flexibility index (Phi) is 10.2. The molecular weight excluding hydrogens is 446 g/mol. The monoisotopic (exact) mass is 477 g/mol. The molecule has 0 fully saturated rings. The predicted molar refractivity (Wildman–Crippen MR) is 128 cm³/mol. The normalized spacial score (nSPS) is 13.8. The Morgan fingerprint density at radius 2 is 1.81 bits per heavy atom. The molecule has 1 aromatic heterocycles. The fourth-order valence-corrected chi connectivity index (χ4v) is 5.59. The molecule has 0 spiro atoms. The molecule has 174 valence electrons. The molecule has 32 heavy (non-hydrogen) atoms. The van der Waals surface area contributed by atoms with E-state index >= 15 is 0 Å². The fraction of sp³-hybridized carbons (Fsp3) is 0.435. The van der Waals surface area contributed by atoms with E-state index in [1.807, 2.05) is 61.7 Å². The molecule has 2 rings (SSSR count). The third-order valence-electron chi connectivity index (χ3n) is 5.15. The number of thioether (sulfide) groups is 1. The van der Waals surface area contributed by atoms with Crippen LogP contribution in [0.25, 0.3) is 0 Å². The maximum Gasteiger partial charge on any atom is 0.259 e. The summed E-state index contributed by atoms with van der Waals surface area (Å²) in [6.45, 7) is 3.83. The summed E-state index contributed by atoms with van der Waals surface area (Å²) in [5, 5.41) is 16.8. The highest BCUT2D eigenvalue weighted by molar-refractivity contribution is 8.01. The second-order valence-electron chi connectivity index (χ2n) is 7.98. The van der Waals surface area contributed by atoms with Crippen LogP contribution in [0.1, 0.15) is 32.3 Å². The first-order valence-electron chi connectivity index (χ1n) is 10.5. The van der Waals surface area contributed by atoms with Gasteiger partial charge in [0.05, 0.1) is 4.21 Å². The summed E-state index contributed by atoms with van der Waals surface area (Å²) in [6.07, 6.45) is 0.745. The largest absolute Gasteiger partial charge is 0.357 e. The van der Waals surface area contributed by atoms with Crippen molar-refractivity contribution >= 4 is 40.8 Å². The average molecular weight is 478 g/mol. The van der Waals surface area contributed by atoms with Crippen LogP contribution in [0.15, 0.2) is 52.1 Å². The zero-order valence-electron chi connectivity index (χ0n) is 18.6. The molecule has 0 saturated carbocycles. The number of hydrogen-bond acceptors (Lipinski definition) is 6. The molecule has 2 aromatic rings. The highest BCUT2D eigenvalue weighted by atomic mass is 32.2. The highest BCUT2D eigenvalue weighted by Gasteiger charge is 2.47. The number of thiophene rings is 1. The topological polar surface area (TPSA) is 108 Å². The molecule has 4 N–H and O–H groups in total. The second kappa shape index (κ2) is 12.6. The van der Waals surface area contributed by atoms with Crippen LogP contribution < -0.4 is 16.1 Å². The van der Waals surface area contributed by atoms with Gasteiger partial charge in [0.25, 0.3) is 5.91 Å². The molecule has 0 radical (unpaired) electrons. The van der Waals surface area contributed by atoms with Crippen molar-refractivity contribution in [2.45, 2.75) is 43.4 Å². The Morgan fingerprint density at radius 3 is 2.38 bits per heavy atom. The summed E-state index contributed by atoms with van der Waals surface area (Å²) in [7, 11) is 1.51. The molecule has 0 bridgehead atoms. The van der Waals surface area contributed by atoms with Crippen molar-refractivity contribution in [3.05, 3.63) is 53.4 Å². The van der Waals surface area contributed by atoms with E-state index in [0.29, 0.717) is 5.75 Å². The zero-order chi connectivity index (χ0) is 23.6. The van der Waals surface area contributed by atoms with Crippen LogP contribution in [0.2, 0.25) is 0 Å². The van der Waals surface area contributed by atoms with Crippen molar-refractivity contribution in [3.8, 4) is 0 Å². The standard InChI is InChI=1S/C23H31N3O4S2/c1-16(2)15-23(22(29)26-30,11-13-32-19-10-7-12-31-19)21(28)25-18(20(27)24-3)14-17-8-5-4-6-9-17/h4-10,12,16,18,30H,11,13-15H2,1-3H3,(H,24,27)(H,25,28)(H,26,29)/t18-,23-/m1/s1. The van der Waals surface area contributed by atoms with Gasteiger partial charge in [-0.25, -0.2) is 5.48 Å². The average Bonchev–Trinajstić information content (AvgIpc) is 3.30. The van der Waals surface area contributed by atoms with E-state index in [9.17, 15) is 19.6 Å². The molecule has 0 aliphatic heterocycles. The van der Waals surface area contributed by atoms with E-state index in [1.54, 1.807) is 28.6 Å². The molecule has 9 heteroatoms. The van der Waals surface area contributed by atoms with Gasteiger partial charge in [0.2, 0.25) is 11.8 Å². The van der Waals surface area contributed by atoms with E-state index in [0.717, 1.165) is 9.77 Å². The summed E-state index contributed by atoms with van der Waals surface area (Å²) in [6, 6.07) is 12.4. The van der Waals surface area contributed by atoms with Gasteiger partial charge in [-0.15, -0.1) is 23.1 Å². The molecule has 2 atom stereocenters. The molecule has 0 saturated heterocycles. The highest BCUT2D eigenvalue weighted by Crippen LogP contribution is 2.35. The number of likely N-dealkylation sites (N-methyl/N-ethyl adjacent to an activating group) is 1. The van der Waals surface area contributed by atoms with E-state index in [2.05, 4.69) is 10.6 Å². The van der Waals surface area contributed by atoms with Gasteiger partial charge in [-0.05, 0) is 35.8 Å². The van der Waals surface area contributed by atoms with Gasteiger partial charge in [-0.1, -0.05) is 50.2 Å². The first-order valence-corrected chi connectivity index (χ1v) is 12.4. The summed E-state index contributed by atoms with van der Waals surface area (Å²) in [5.74, 6) is -1.15. The Labute approximate surface area is 197 Å². The van der Waals surface area contributed by atoms with Gasteiger partial charge in [-0.3, -0.25) is 19.6 Å². The quantitative estimate of drug-likeness (QED) is 0.162. The van der Waals surface area contributed by atoms with Crippen molar-refractivity contribution < 1.29 is 19.6 Å². The summed E-state index contributed by atoms with van der Waals surface area (Å²) in [5.41, 5.74) is 1.08. The van der Waals surface area contributed by atoms with Gasteiger partial charge in [0.1, 0.15) is 11.5 Å². The maximum absolute atomic E-state index is 13.5. The first-order chi connectivity index (χ1) is 15.3. The van der Waals surface area contributed by atoms with Crippen LogP contribution in [-0.2, 0) is 20.8 Å². The lowest BCUT2D eigenvalue weighted by atomic mass is 9.75. The third-order valence-corrected chi connectivity index (χ3v) is 7.28. The number of carbonyl (C=O) groups excluding carboxylic acids is 3. The van der Waals surface area contributed by atoms with E-state index < -0.39 is 23.3 Å². The van der Waals surface area contributed by atoms with E-state index in [-0.39, 0.29) is 31.1 Å². The molecule has 1 heterocycles. The van der Waals surface area contributed by atoms with Crippen LogP contribution in [0.4, 0.5) is 0 Å². The van der Waals surface area contributed by atoms with Crippen molar-refractivity contribution in [2.75, 3.05) is 12.8 Å². The van der Waals surface area contributed by atoms with Crippen molar-refractivity contribution in [1.29, 1.82) is 0 Å². The predicted octanol–water partition coefficient (Wildman–Crippen LogP) is 3.24. The number of amides is 3. The van der Waals surface area contributed by atoms with Crippen LogP contribution in [0.5, 0.6) is 0 Å². The lowest BCUT2D eigenvalue weighted by Gasteiger charge is -2.33. The summed E-state index contributed by atoms with van der Waals surface area (Å²) >= 11 is 3.14. The van der Waals surface area contributed by atoms with Crippen molar-refractivity contribution in [3.63, 3.8) is 0 Å². The molecular formula is C23H31N3O4S2. The zero-order valence-corrected chi connectivity index (χ0v) is 20.2. The molecule has 3 amide bonds. The minimum Gasteiger partial charge on any atom is -0.357 e. The maximum atomic E-state index is 13.5. The Hall–Kier alpha value is -2.36. The third kappa shape index (κ3) is 7.08. The van der Waals surface area contributed by atoms with Gasteiger partial charge in [0, 0.05) is 19.2 Å². The molecule has 7 nitrogen and oxygen atoms in total. The summed E-state index contributed by atoms with van der Waals surface area (Å²) in [4.78, 5) is 38.9. The van der Waals surface area contributed by atoms with Crippen molar-refractivity contribution in [1.82, 2.24) is 16.1 Å².